The van der Waals surface area contributed by atoms with E-state index in [2.05, 4.69) is 15.0 Å². The van der Waals surface area contributed by atoms with Crippen molar-refractivity contribution in [3.05, 3.63) is 53.7 Å². The van der Waals surface area contributed by atoms with Gasteiger partial charge in [0.15, 0.2) is 6.61 Å². The lowest BCUT2D eigenvalue weighted by atomic mass is 10.1. The third-order valence-corrected chi connectivity index (χ3v) is 4.37. The van der Waals surface area contributed by atoms with Gasteiger partial charge in [0, 0.05) is 12.3 Å². The minimum absolute atomic E-state index is 0.0524. The molecule has 1 atom stereocenters. The minimum Gasteiger partial charge on any atom is -0.468 e. The third-order valence-electron chi connectivity index (χ3n) is 3.44. The molecule has 11 heteroatoms. The molecule has 0 aliphatic heterocycles. The first-order valence-corrected chi connectivity index (χ1v) is 9.09. The molecular weight excluding hydrogens is 387 g/mol. The maximum Gasteiger partial charge on any atom is 0.422 e. The number of hydrogen-bond acceptors (Lipinski definition) is 5. The molecule has 0 fully saturated rings. The molecule has 146 valence electrons. The lowest BCUT2D eigenvalue weighted by Gasteiger charge is -2.15. The molecule has 0 saturated heterocycles. The summed E-state index contributed by atoms with van der Waals surface area (Å²) in [6.45, 7) is 0.204. The first kappa shape index (κ1) is 20.6. The Bertz CT molecular complexity index is 898. The number of ether oxygens (including phenoxy) is 1. The minimum atomic E-state index is -4.48. The van der Waals surface area contributed by atoms with Crippen molar-refractivity contribution in [2.45, 2.75) is 24.0 Å². The quantitative estimate of drug-likeness (QED) is 0.768. The highest BCUT2D eigenvalue weighted by Gasteiger charge is 2.28. The number of benzene rings is 1. The topological polar surface area (TPSA) is 111 Å². The summed E-state index contributed by atoms with van der Waals surface area (Å²) in [6.07, 6.45) is -3.39. The van der Waals surface area contributed by atoms with Crippen molar-refractivity contribution < 1.29 is 31.1 Å². The predicted octanol–water partition coefficient (Wildman–Crippen LogP) is 2.16. The van der Waals surface area contributed by atoms with E-state index in [0.717, 1.165) is 12.3 Å². The standard InChI is InChI=1S/C16H16F3N3O4S/c1-10(11-2-5-13(6-3-11)27(20,24)25)22-15(23)12-4-7-14(21-8-12)26-9-16(17,18)19/h2-8,10H,9H2,1H3,(H,22,23)(H2,20,24,25)/t10-/m1/s1. The number of rotatable bonds is 6. The zero-order valence-corrected chi connectivity index (χ0v) is 14.8. The van der Waals surface area contributed by atoms with Gasteiger partial charge in [0.2, 0.25) is 15.9 Å². The number of amides is 1. The molecule has 2 aromatic rings. The molecule has 1 amide bonds. The van der Waals surface area contributed by atoms with Crippen molar-refractivity contribution in [1.82, 2.24) is 10.3 Å². The van der Waals surface area contributed by atoms with E-state index in [4.69, 9.17) is 5.14 Å². The lowest BCUT2D eigenvalue weighted by Crippen LogP contribution is -2.27. The van der Waals surface area contributed by atoms with Gasteiger partial charge in [-0.1, -0.05) is 12.1 Å². The van der Waals surface area contributed by atoms with Crippen LogP contribution < -0.4 is 15.2 Å². The van der Waals surface area contributed by atoms with Gasteiger partial charge >= 0.3 is 6.18 Å². The van der Waals surface area contributed by atoms with E-state index in [1.54, 1.807) is 6.92 Å². The Morgan fingerprint density at radius 1 is 1.22 bits per heavy atom. The smallest absolute Gasteiger partial charge is 0.422 e. The number of aromatic nitrogens is 1. The Balaban J connectivity index is 1.99. The maximum atomic E-state index is 12.2. The second-order valence-corrected chi connectivity index (χ2v) is 7.16. The van der Waals surface area contributed by atoms with Crippen molar-refractivity contribution in [3.8, 4) is 5.88 Å². The van der Waals surface area contributed by atoms with E-state index in [0.29, 0.717) is 5.56 Å². The van der Waals surface area contributed by atoms with E-state index in [-0.39, 0.29) is 16.3 Å². The van der Waals surface area contributed by atoms with Gasteiger partial charge in [-0.15, -0.1) is 0 Å². The zero-order valence-electron chi connectivity index (χ0n) is 14.0. The fourth-order valence-corrected chi connectivity index (χ4v) is 2.58. The van der Waals surface area contributed by atoms with E-state index in [1.807, 2.05) is 0 Å². The molecule has 1 heterocycles. The number of nitrogens with two attached hydrogens (primary N) is 1. The average molecular weight is 403 g/mol. The van der Waals surface area contributed by atoms with Crippen LogP contribution in [0.1, 0.15) is 28.9 Å². The molecule has 27 heavy (non-hydrogen) atoms. The SMILES string of the molecule is C[C@@H](NC(=O)c1ccc(OCC(F)(F)F)nc1)c1ccc(S(N)(=O)=O)cc1. The first-order chi connectivity index (χ1) is 12.5. The number of nitrogens with one attached hydrogen (secondary N) is 1. The van der Waals surface area contributed by atoms with Crippen LogP contribution in [0.15, 0.2) is 47.5 Å². The van der Waals surface area contributed by atoms with Crippen LogP contribution in [0.25, 0.3) is 0 Å². The van der Waals surface area contributed by atoms with Crippen LogP contribution in [-0.2, 0) is 10.0 Å². The molecule has 0 unspecified atom stereocenters. The summed E-state index contributed by atoms with van der Waals surface area (Å²) < 4.78 is 63.2. The fraction of sp³-hybridized carbons (Fsp3) is 0.250. The normalized spacial score (nSPS) is 13.1. The number of carbonyl (C=O) groups excluding carboxylic acids is 1. The van der Waals surface area contributed by atoms with Crippen LogP contribution in [0.5, 0.6) is 5.88 Å². The van der Waals surface area contributed by atoms with E-state index >= 15 is 0 Å². The number of alkyl halides is 3. The van der Waals surface area contributed by atoms with Crippen molar-refractivity contribution in [2.75, 3.05) is 6.61 Å². The summed E-state index contributed by atoms with van der Waals surface area (Å²) in [4.78, 5) is 15.8. The highest BCUT2D eigenvalue weighted by atomic mass is 32.2. The van der Waals surface area contributed by atoms with Crippen molar-refractivity contribution in [1.29, 1.82) is 0 Å². The maximum absolute atomic E-state index is 12.2. The highest BCUT2D eigenvalue weighted by Crippen LogP contribution is 2.18. The van der Waals surface area contributed by atoms with Crippen LogP contribution in [-0.4, -0.2) is 32.1 Å². The Labute approximate surface area is 153 Å². The van der Waals surface area contributed by atoms with Crippen LogP contribution >= 0.6 is 0 Å². The Morgan fingerprint density at radius 2 is 1.85 bits per heavy atom. The van der Waals surface area contributed by atoms with Gasteiger partial charge < -0.3 is 10.1 Å². The number of primary sulfonamides is 1. The van der Waals surface area contributed by atoms with Crippen molar-refractivity contribution in [3.63, 3.8) is 0 Å². The van der Waals surface area contributed by atoms with Gasteiger partial charge in [0.1, 0.15) is 0 Å². The highest BCUT2D eigenvalue weighted by molar-refractivity contribution is 7.89. The predicted molar refractivity (Wildman–Crippen MR) is 89.5 cm³/mol. The van der Waals surface area contributed by atoms with Gasteiger partial charge in [0.25, 0.3) is 5.91 Å². The number of sulfonamides is 1. The number of nitrogens with zero attached hydrogens (tertiary/aromatic N) is 1. The number of pyridine rings is 1. The molecule has 3 N–H and O–H groups in total. The summed E-state index contributed by atoms with van der Waals surface area (Å²) in [5, 5.41) is 7.69. The molecule has 0 aliphatic rings. The van der Waals surface area contributed by atoms with Crippen LogP contribution in [0, 0.1) is 0 Å². The van der Waals surface area contributed by atoms with Crippen LogP contribution in [0.3, 0.4) is 0 Å². The van der Waals surface area contributed by atoms with E-state index in [9.17, 15) is 26.4 Å². The van der Waals surface area contributed by atoms with Crippen LogP contribution in [0.4, 0.5) is 13.2 Å². The molecular formula is C16H16F3N3O4S. The van der Waals surface area contributed by atoms with Crippen molar-refractivity contribution in [2.24, 2.45) is 5.14 Å². The molecule has 0 radical (unpaired) electrons. The van der Waals surface area contributed by atoms with E-state index < -0.39 is 34.8 Å². The summed E-state index contributed by atoms with van der Waals surface area (Å²) in [5.41, 5.74) is 0.760. The number of hydrogen-bond donors (Lipinski definition) is 2. The largest absolute Gasteiger partial charge is 0.468 e. The molecule has 0 aliphatic carbocycles. The van der Waals surface area contributed by atoms with Gasteiger partial charge in [-0.2, -0.15) is 13.2 Å². The first-order valence-electron chi connectivity index (χ1n) is 7.55. The van der Waals surface area contributed by atoms with Gasteiger partial charge in [-0.3, -0.25) is 4.79 Å². The second kappa shape index (κ2) is 7.92. The molecule has 0 saturated carbocycles. The summed E-state index contributed by atoms with van der Waals surface area (Å²) in [6, 6.07) is 7.64. The van der Waals surface area contributed by atoms with Crippen molar-refractivity contribution >= 4 is 15.9 Å². The monoisotopic (exact) mass is 403 g/mol. The molecule has 1 aromatic carbocycles. The van der Waals surface area contributed by atoms with Gasteiger partial charge in [-0.05, 0) is 30.7 Å². The Kier molecular flexibility index (Phi) is 6.06. The lowest BCUT2D eigenvalue weighted by molar-refractivity contribution is -0.154. The van der Waals surface area contributed by atoms with Gasteiger partial charge in [0.05, 0.1) is 16.5 Å². The molecule has 0 spiro atoms. The Morgan fingerprint density at radius 3 is 2.33 bits per heavy atom. The average Bonchev–Trinajstić information content (AvgIpc) is 2.59. The Hall–Kier alpha value is -2.66. The molecule has 0 bridgehead atoms. The summed E-state index contributed by atoms with van der Waals surface area (Å²) >= 11 is 0. The number of halogens is 3. The summed E-state index contributed by atoms with van der Waals surface area (Å²) in [5.74, 6) is -0.761. The second-order valence-electron chi connectivity index (χ2n) is 5.60. The van der Waals surface area contributed by atoms with E-state index in [1.165, 1.54) is 30.3 Å². The molecule has 2 rings (SSSR count). The number of carbonyl (C=O) groups is 1. The summed E-state index contributed by atoms with van der Waals surface area (Å²) in [7, 11) is -3.81. The molecule has 1 aromatic heterocycles. The van der Waals surface area contributed by atoms with Crippen LogP contribution in [0.2, 0.25) is 0 Å². The zero-order chi connectivity index (χ0) is 20.2. The molecule has 7 nitrogen and oxygen atoms in total. The fourth-order valence-electron chi connectivity index (χ4n) is 2.07. The third kappa shape index (κ3) is 6.22. The van der Waals surface area contributed by atoms with Gasteiger partial charge in [-0.25, -0.2) is 18.5 Å².